The second-order valence-electron chi connectivity index (χ2n) is 3.50. The molecule has 1 aliphatic heterocycles. The maximum atomic E-state index is 9.83. The van der Waals surface area contributed by atoms with Crippen LogP contribution in [-0.2, 0) is 0 Å². The van der Waals surface area contributed by atoms with Gasteiger partial charge in [0, 0.05) is 12.8 Å². The Morgan fingerprint density at radius 3 is 2.75 bits per heavy atom. The minimum absolute atomic E-state index is 0. The van der Waals surface area contributed by atoms with Crippen LogP contribution in [0.15, 0.2) is 35.3 Å². The third-order valence-corrected chi connectivity index (χ3v) is 2.33. The number of likely N-dealkylation sites (N-methyl/N-ethyl adjacent to an activating group) is 1. The normalized spacial score (nSPS) is 21.9. The van der Waals surface area contributed by atoms with Crippen molar-refractivity contribution in [3.8, 4) is 0 Å². The first-order chi connectivity index (χ1) is 7.27. The van der Waals surface area contributed by atoms with Gasteiger partial charge in [-0.15, -0.1) is 0 Å². The number of aliphatic imine (C=N–C) groups is 1. The summed E-state index contributed by atoms with van der Waals surface area (Å²) in [5, 5.41) is 11.6. The van der Waals surface area contributed by atoms with Crippen molar-refractivity contribution >= 4 is 5.71 Å². The molecule has 80 valence electrons. The SMILES string of the molecule is CN1CCN=C(c2ccccc2)C(O)[N-]1.[Na+]. The molecule has 16 heavy (non-hydrogen) atoms. The average Bonchev–Trinajstić information content (AvgIpc) is 2.40. The first-order valence-electron chi connectivity index (χ1n) is 4.97. The molecule has 2 rings (SSSR count). The van der Waals surface area contributed by atoms with Crippen LogP contribution < -0.4 is 29.6 Å². The fraction of sp³-hybridized carbons (Fsp3) is 0.364. The molecule has 1 aromatic rings. The van der Waals surface area contributed by atoms with Gasteiger partial charge < -0.3 is 15.5 Å². The first kappa shape index (κ1) is 13.8. The molecule has 0 fully saturated rings. The molecule has 5 heteroatoms. The van der Waals surface area contributed by atoms with Gasteiger partial charge in [-0.2, -0.15) is 0 Å². The van der Waals surface area contributed by atoms with Crippen LogP contribution in [0.2, 0.25) is 0 Å². The van der Waals surface area contributed by atoms with Crippen LogP contribution in [0.1, 0.15) is 5.56 Å². The Bertz CT molecular complexity index is 356. The Morgan fingerprint density at radius 2 is 2.06 bits per heavy atom. The monoisotopic (exact) mass is 227 g/mol. The van der Waals surface area contributed by atoms with Crippen LogP contribution in [0.5, 0.6) is 0 Å². The Labute approximate surface area is 118 Å². The van der Waals surface area contributed by atoms with Crippen molar-refractivity contribution < 1.29 is 34.7 Å². The molecule has 0 saturated carbocycles. The van der Waals surface area contributed by atoms with Gasteiger partial charge in [0.2, 0.25) is 0 Å². The standard InChI is InChI=1S/C11H14N3O.Na/c1-14-8-7-12-10(11(15)13-14)9-5-3-2-4-6-9;/h2-6,11,15H,7-8H2,1H3;/q-1;+1. The van der Waals surface area contributed by atoms with Gasteiger partial charge in [-0.25, -0.2) is 0 Å². The third-order valence-electron chi connectivity index (χ3n) is 2.33. The Kier molecular flexibility index (Phi) is 5.61. The molecule has 0 radical (unpaired) electrons. The van der Waals surface area contributed by atoms with Gasteiger partial charge in [0.05, 0.1) is 12.3 Å². The molecular formula is C11H14N3NaO. The van der Waals surface area contributed by atoms with Gasteiger partial charge in [-0.3, -0.25) is 4.99 Å². The Hall–Kier alpha value is -0.230. The molecule has 0 aromatic heterocycles. The molecule has 1 N–H and O–H groups in total. The van der Waals surface area contributed by atoms with E-state index in [0.717, 1.165) is 12.1 Å². The largest absolute Gasteiger partial charge is 1.00 e. The minimum Gasteiger partial charge on any atom is -0.564 e. The van der Waals surface area contributed by atoms with Gasteiger partial charge in [-0.1, -0.05) is 30.3 Å². The summed E-state index contributed by atoms with van der Waals surface area (Å²) in [6, 6.07) is 9.67. The van der Waals surface area contributed by atoms with Crippen LogP contribution in [0, 0.1) is 0 Å². The molecule has 1 unspecified atom stereocenters. The number of nitrogens with zero attached hydrogens (tertiary/aromatic N) is 3. The van der Waals surface area contributed by atoms with E-state index < -0.39 is 6.23 Å². The predicted octanol–water partition coefficient (Wildman–Crippen LogP) is -1.97. The van der Waals surface area contributed by atoms with E-state index in [1.807, 2.05) is 37.4 Å². The molecule has 0 spiro atoms. The van der Waals surface area contributed by atoms with E-state index in [9.17, 15) is 5.11 Å². The van der Waals surface area contributed by atoms with Crippen molar-refractivity contribution in [2.45, 2.75) is 6.23 Å². The summed E-state index contributed by atoms with van der Waals surface area (Å²) in [7, 11) is 1.84. The van der Waals surface area contributed by atoms with E-state index >= 15 is 0 Å². The number of hydrogen-bond acceptors (Lipinski definition) is 3. The summed E-state index contributed by atoms with van der Waals surface area (Å²) in [5.41, 5.74) is 5.68. The van der Waals surface area contributed by atoms with Crippen LogP contribution in [0.25, 0.3) is 5.43 Å². The topological polar surface area (TPSA) is 49.9 Å². The fourth-order valence-corrected chi connectivity index (χ4v) is 1.55. The molecule has 0 bridgehead atoms. The molecule has 0 aliphatic carbocycles. The van der Waals surface area contributed by atoms with Gasteiger partial charge in [0.15, 0.2) is 0 Å². The van der Waals surface area contributed by atoms with Crippen molar-refractivity contribution in [2.24, 2.45) is 4.99 Å². The smallest absolute Gasteiger partial charge is 0.564 e. The van der Waals surface area contributed by atoms with E-state index in [-0.39, 0.29) is 29.6 Å². The van der Waals surface area contributed by atoms with E-state index in [0.29, 0.717) is 12.3 Å². The van der Waals surface area contributed by atoms with Gasteiger partial charge >= 0.3 is 29.6 Å². The molecule has 0 amide bonds. The van der Waals surface area contributed by atoms with Gasteiger partial charge in [0.1, 0.15) is 0 Å². The summed E-state index contributed by atoms with van der Waals surface area (Å²) in [6.07, 6.45) is -0.847. The molecule has 0 saturated heterocycles. The summed E-state index contributed by atoms with van der Waals surface area (Å²) < 4.78 is 0. The van der Waals surface area contributed by atoms with Gasteiger partial charge in [-0.05, 0) is 12.6 Å². The van der Waals surface area contributed by atoms with Crippen molar-refractivity contribution in [1.29, 1.82) is 0 Å². The van der Waals surface area contributed by atoms with Crippen LogP contribution >= 0.6 is 0 Å². The third kappa shape index (κ3) is 3.38. The van der Waals surface area contributed by atoms with E-state index in [1.54, 1.807) is 5.01 Å². The van der Waals surface area contributed by atoms with Crippen LogP contribution in [0.4, 0.5) is 0 Å². The molecule has 1 aromatic carbocycles. The zero-order chi connectivity index (χ0) is 10.7. The zero-order valence-electron chi connectivity index (χ0n) is 9.67. The van der Waals surface area contributed by atoms with Crippen LogP contribution in [-0.4, -0.2) is 42.2 Å². The maximum absolute atomic E-state index is 9.83. The van der Waals surface area contributed by atoms with Crippen LogP contribution in [0.3, 0.4) is 0 Å². The summed E-state index contributed by atoms with van der Waals surface area (Å²) in [6.45, 7) is 1.41. The summed E-state index contributed by atoms with van der Waals surface area (Å²) in [5.74, 6) is 0. The zero-order valence-corrected chi connectivity index (χ0v) is 11.7. The first-order valence-corrected chi connectivity index (χ1v) is 4.97. The van der Waals surface area contributed by atoms with E-state index in [2.05, 4.69) is 10.4 Å². The molecule has 1 aliphatic rings. The number of aliphatic hydroxyl groups is 1. The molecule has 1 heterocycles. The Balaban J connectivity index is 0.00000128. The second-order valence-corrected chi connectivity index (χ2v) is 3.50. The molecule has 4 nitrogen and oxygen atoms in total. The van der Waals surface area contributed by atoms with Crippen molar-refractivity contribution in [1.82, 2.24) is 5.01 Å². The summed E-state index contributed by atoms with van der Waals surface area (Å²) >= 11 is 0. The van der Waals surface area contributed by atoms with Gasteiger partial charge in [0.25, 0.3) is 0 Å². The van der Waals surface area contributed by atoms with E-state index in [1.165, 1.54) is 0 Å². The maximum Gasteiger partial charge on any atom is 1.00 e. The molecular weight excluding hydrogens is 213 g/mol. The fourth-order valence-electron chi connectivity index (χ4n) is 1.55. The van der Waals surface area contributed by atoms with Crippen molar-refractivity contribution in [3.63, 3.8) is 0 Å². The summed E-state index contributed by atoms with van der Waals surface area (Å²) in [4.78, 5) is 4.36. The Morgan fingerprint density at radius 1 is 1.38 bits per heavy atom. The van der Waals surface area contributed by atoms with Crippen molar-refractivity contribution in [2.75, 3.05) is 20.1 Å². The quantitative estimate of drug-likeness (QED) is 0.566. The number of hydrogen-bond donors (Lipinski definition) is 1. The second kappa shape index (κ2) is 6.49. The average molecular weight is 227 g/mol. The number of benzene rings is 1. The molecule has 1 atom stereocenters. The number of rotatable bonds is 1. The predicted molar refractivity (Wildman–Crippen MR) is 59.8 cm³/mol. The minimum atomic E-state index is -0.847. The van der Waals surface area contributed by atoms with E-state index in [4.69, 9.17) is 0 Å². The van der Waals surface area contributed by atoms with Crippen molar-refractivity contribution in [3.05, 3.63) is 41.3 Å². The number of aliphatic hydroxyl groups excluding tert-OH is 1.